The maximum Gasteiger partial charge on any atom is 0.151 e. The van der Waals surface area contributed by atoms with Gasteiger partial charge in [-0.1, -0.05) is 42.4 Å². The fourth-order valence-corrected chi connectivity index (χ4v) is 5.33. The van der Waals surface area contributed by atoms with Crippen molar-refractivity contribution in [2.75, 3.05) is 11.1 Å². The van der Waals surface area contributed by atoms with Crippen LogP contribution in [-0.2, 0) is 0 Å². The van der Waals surface area contributed by atoms with Crippen molar-refractivity contribution in [2.24, 2.45) is 0 Å². The van der Waals surface area contributed by atoms with E-state index >= 15 is 0 Å². The van der Waals surface area contributed by atoms with Gasteiger partial charge in [0.1, 0.15) is 10.8 Å². The van der Waals surface area contributed by atoms with Crippen LogP contribution in [0, 0.1) is 0 Å². The number of pyridine rings is 3. The molecule has 8 heteroatoms. The van der Waals surface area contributed by atoms with E-state index in [-0.39, 0.29) is 0 Å². The molecule has 5 aromatic rings. The maximum absolute atomic E-state index is 6.32. The summed E-state index contributed by atoms with van der Waals surface area (Å²) in [5, 5.41) is 15.2. The van der Waals surface area contributed by atoms with Crippen LogP contribution in [0.2, 0.25) is 0 Å². The molecule has 1 fully saturated rings. The topological polar surface area (TPSA) is 102 Å². The highest BCUT2D eigenvalue weighted by Crippen LogP contribution is 2.38. The van der Waals surface area contributed by atoms with E-state index in [2.05, 4.69) is 36.5 Å². The lowest BCUT2D eigenvalue weighted by atomic mass is 10.1. The van der Waals surface area contributed by atoms with E-state index in [9.17, 15) is 0 Å². The lowest BCUT2D eigenvalue weighted by Gasteiger charge is -2.09. The Kier molecular flexibility index (Phi) is 4.65. The summed E-state index contributed by atoms with van der Waals surface area (Å²) in [6, 6.07) is 14.0. The summed E-state index contributed by atoms with van der Waals surface area (Å²) < 4.78 is 0. The molecule has 0 unspecified atom stereocenters. The Morgan fingerprint density at radius 2 is 1.66 bits per heavy atom. The Morgan fingerprint density at radius 3 is 2.53 bits per heavy atom. The summed E-state index contributed by atoms with van der Waals surface area (Å²) in [7, 11) is 0. The third-order valence-corrected chi connectivity index (χ3v) is 7.07. The molecule has 6 rings (SSSR count). The molecule has 1 aromatic carbocycles. The van der Waals surface area contributed by atoms with Crippen molar-refractivity contribution in [1.29, 1.82) is 0 Å². The van der Waals surface area contributed by atoms with E-state index < -0.39 is 0 Å². The molecule has 3 N–H and O–H groups in total. The third-order valence-electron chi connectivity index (χ3n) is 5.95. The minimum atomic E-state index is 0.443. The number of fused-ring (bicyclic) bond motifs is 2. The van der Waals surface area contributed by atoms with E-state index in [0.29, 0.717) is 11.7 Å². The Hall–Kier alpha value is -3.65. The average molecular weight is 440 g/mol. The minimum Gasteiger partial charge on any atom is -0.383 e. The quantitative estimate of drug-likeness (QED) is 0.371. The van der Waals surface area contributed by atoms with Gasteiger partial charge in [-0.05, 0) is 37.1 Å². The molecule has 1 aliphatic carbocycles. The Labute approximate surface area is 188 Å². The molecule has 1 saturated carbocycles. The Morgan fingerprint density at radius 1 is 0.875 bits per heavy atom. The summed E-state index contributed by atoms with van der Waals surface area (Å²) in [4.78, 5) is 13.7. The molecule has 7 nitrogen and oxygen atoms in total. The molecular weight excluding hydrogens is 418 g/mol. The van der Waals surface area contributed by atoms with Gasteiger partial charge in [0, 0.05) is 11.3 Å². The Balaban J connectivity index is 1.30. The lowest BCUT2D eigenvalue weighted by Crippen LogP contribution is -1.98. The van der Waals surface area contributed by atoms with Crippen LogP contribution in [0.1, 0.15) is 36.6 Å². The van der Waals surface area contributed by atoms with Crippen molar-refractivity contribution >= 4 is 50.5 Å². The second-order valence-corrected chi connectivity index (χ2v) is 9.16. The van der Waals surface area contributed by atoms with Gasteiger partial charge < -0.3 is 11.1 Å². The van der Waals surface area contributed by atoms with Crippen LogP contribution in [0.25, 0.3) is 32.5 Å². The second kappa shape index (κ2) is 7.80. The van der Waals surface area contributed by atoms with E-state index in [1.165, 1.54) is 25.7 Å². The Bertz CT molecular complexity index is 1440. The predicted octanol–water partition coefficient (Wildman–Crippen LogP) is 5.68. The molecule has 0 saturated heterocycles. The average Bonchev–Trinajstić information content (AvgIpc) is 3.51. The highest BCUT2D eigenvalue weighted by Gasteiger charge is 2.22. The van der Waals surface area contributed by atoms with Crippen LogP contribution in [0.15, 0.2) is 54.9 Å². The molecule has 0 spiro atoms. The first-order chi connectivity index (χ1) is 15.7. The van der Waals surface area contributed by atoms with Crippen LogP contribution in [0.3, 0.4) is 0 Å². The van der Waals surface area contributed by atoms with Crippen LogP contribution in [0.4, 0.5) is 17.2 Å². The van der Waals surface area contributed by atoms with E-state index in [1.54, 1.807) is 17.5 Å². The fourth-order valence-electron chi connectivity index (χ4n) is 4.29. The van der Waals surface area contributed by atoms with Crippen LogP contribution < -0.4 is 11.1 Å². The standard InChI is InChI=1S/C24H21N7S/c25-22-18(24-31-30-23(32-24)14-5-1-2-6-14)11-20-21(29-22)10-17(13-27-20)28-16-9-15-7-3-4-8-19(15)26-12-16/h3-4,7-14,28H,1-2,5-6H2,(H2,25,29). The van der Waals surface area contributed by atoms with E-state index in [1.807, 2.05) is 42.6 Å². The zero-order valence-electron chi connectivity index (χ0n) is 17.3. The molecule has 0 atom stereocenters. The van der Waals surface area contributed by atoms with Gasteiger partial charge in [0.25, 0.3) is 0 Å². The van der Waals surface area contributed by atoms with Gasteiger partial charge in [0.15, 0.2) is 5.01 Å². The fraction of sp³-hybridized carbons (Fsp3) is 0.208. The smallest absolute Gasteiger partial charge is 0.151 e. The molecule has 4 aromatic heterocycles. The first-order valence-corrected chi connectivity index (χ1v) is 11.6. The zero-order valence-corrected chi connectivity index (χ0v) is 18.1. The predicted molar refractivity (Wildman–Crippen MR) is 129 cm³/mol. The second-order valence-electron chi connectivity index (χ2n) is 8.15. The molecule has 4 heterocycles. The van der Waals surface area contributed by atoms with Crippen molar-refractivity contribution < 1.29 is 0 Å². The summed E-state index contributed by atoms with van der Waals surface area (Å²) >= 11 is 1.62. The van der Waals surface area contributed by atoms with Crippen molar-refractivity contribution in [1.82, 2.24) is 25.1 Å². The van der Waals surface area contributed by atoms with Gasteiger partial charge in [-0.2, -0.15) is 0 Å². The number of nitrogen functional groups attached to an aromatic ring is 1. The van der Waals surface area contributed by atoms with Crippen LogP contribution >= 0.6 is 11.3 Å². The lowest BCUT2D eigenvalue weighted by molar-refractivity contribution is 0.705. The molecule has 0 radical (unpaired) electrons. The number of anilines is 3. The number of nitrogens with zero attached hydrogens (tertiary/aromatic N) is 5. The SMILES string of the molecule is Nc1nc2cc(Nc3cnc4ccccc4c3)cnc2cc1-c1nnc(C2CCCC2)s1. The summed E-state index contributed by atoms with van der Waals surface area (Å²) in [5.74, 6) is 0.977. The number of nitrogens with one attached hydrogen (secondary N) is 1. The number of benzene rings is 1. The summed E-state index contributed by atoms with van der Waals surface area (Å²) in [5.41, 5.74) is 11.3. The van der Waals surface area contributed by atoms with Crippen molar-refractivity contribution in [3.8, 4) is 10.6 Å². The normalized spacial score (nSPS) is 14.4. The van der Waals surface area contributed by atoms with Gasteiger partial charge >= 0.3 is 0 Å². The molecule has 0 bridgehead atoms. The van der Waals surface area contributed by atoms with Gasteiger partial charge in [0.05, 0.1) is 45.9 Å². The summed E-state index contributed by atoms with van der Waals surface area (Å²) in [6.07, 6.45) is 8.55. The minimum absolute atomic E-state index is 0.443. The van der Waals surface area contributed by atoms with Crippen molar-refractivity contribution in [3.63, 3.8) is 0 Å². The van der Waals surface area contributed by atoms with Crippen molar-refractivity contribution in [3.05, 3.63) is 59.9 Å². The molecule has 32 heavy (non-hydrogen) atoms. The number of rotatable bonds is 4. The first kappa shape index (κ1) is 19.1. The number of hydrogen-bond donors (Lipinski definition) is 2. The molecule has 0 amide bonds. The largest absolute Gasteiger partial charge is 0.383 e. The van der Waals surface area contributed by atoms with E-state index in [4.69, 9.17) is 5.73 Å². The molecule has 0 aliphatic heterocycles. The van der Waals surface area contributed by atoms with Gasteiger partial charge in [-0.3, -0.25) is 9.97 Å². The van der Waals surface area contributed by atoms with Crippen LogP contribution in [-0.4, -0.2) is 25.1 Å². The van der Waals surface area contributed by atoms with Gasteiger partial charge in [-0.15, -0.1) is 10.2 Å². The molecule has 158 valence electrons. The number of para-hydroxylation sites is 1. The summed E-state index contributed by atoms with van der Waals surface area (Å²) in [6.45, 7) is 0. The van der Waals surface area contributed by atoms with E-state index in [0.717, 1.165) is 48.9 Å². The number of nitrogens with two attached hydrogens (primary N) is 1. The van der Waals surface area contributed by atoms with Gasteiger partial charge in [0.2, 0.25) is 0 Å². The number of hydrogen-bond acceptors (Lipinski definition) is 8. The van der Waals surface area contributed by atoms with Crippen molar-refractivity contribution in [2.45, 2.75) is 31.6 Å². The third kappa shape index (κ3) is 3.52. The molecule has 1 aliphatic rings. The van der Waals surface area contributed by atoms with Crippen LogP contribution in [0.5, 0.6) is 0 Å². The first-order valence-electron chi connectivity index (χ1n) is 10.7. The highest BCUT2D eigenvalue weighted by atomic mass is 32.1. The highest BCUT2D eigenvalue weighted by molar-refractivity contribution is 7.14. The number of aromatic nitrogens is 5. The molecular formula is C24H21N7S. The zero-order chi connectivity index (χ0) is 21.5. The van der Waals surface area contributed by atoms with Gasteiger partial charge in [-0.25, -0.2) is 4.98 Å². The monoisotopic (exact) mass is 439 g/mol. The maximum atomic E-state index is 6.32.